The minimum Gasteiger partial charge on any atom is -0.484 e. The first-order valence-electron chi connectivity index (χ1n) is 9.90. The van der Waals surface area contributed by atoms with E-state index < -0.39 is 12.1 Å². The van der Waals surface area contributed by atoms with Crippen molar-refractivity contribution in [2.75, 3.05) is 13.2 Å². The molecule has 2 saturated heterocycles. The number of nitrogens with zero attached hydrogens (tertiary/aromatic N) is 3. The maximum Gasteiger partial charge on any atom is 0.490 e. The van der Waals surface area contributed by atoms with Crippen molar-refractivity contribution >= 4 is 11.9 Å². The molecule has 172 valence electrons. The minimum absolute atomic E-state index is 0.0326. The highest BCUT2D eigenvalue weighted by atomic mass is 19.4. The number of pyridine rings is 2. The lowest BCUT2D eigenvalue weighted by Gasteiger charge is -2.31. The van der Waals surface area contributed by atoms with Gasteiger partial charge in [0.25, 0.3) is 5.91 Å². The Morgan fingerprint density at radius 1 is 1.25 bits per heavy atom. The van der Waals surface area contributed by atoms with E-state index in [2.05, 4.69) is 9.97 Å². The maximum atomic E-state index is 13.0. The summed E-state index contributed by atoms with van der Waals surface area (Å²) >= 11 is 0. The molecule has 8 nitrogen and oxygen atoms in total. The van der Waals surface area contributed by atoms with Gasteiger partial charge in [0.2, 0.25) is 0 Å². The largest absolute Gasteiger partial charge is 0.490 e. The fraction of sp³-hybridized carbons (Fsp3) is 0.429. The van der Waals surface area contributed by atoms with Crippen molar-refractivity contribution in [3.63, 3.8) is 0 Å². The van der Waals surface area contributed by atoms with E-state index in [1.165, 1.54) is 0 Å². The number of carboxylic acid groups (broad SMARTS) is 1. The molecule has 2 aliphatic rings. The highest BCUT2D eigenvalue weighted by Crippen LogP contribution is 2.32. The zero-order valence-electron chi connectivity index (χ0n) is 17.2. The molecule has 2 fully saturated rings. The van der Waals surface area contributed by atoms with Crippen molar-refractivity contribution in [1.82, 2.24) is 14.9 Å². The van der Waals surface area contributed by atoms with Gasteiger partial charge in [-0.15, -0.1) is 0 Å². The lowest BCUT2D eigenvalue weighted by Crippen LogP contribution is -2.44. The van der Waals surface area contributed by atoms with Crippen LogP contribution < -0.4 is 4.74 Å². The summed E-state index contributed by atoms with van der Waals surface area (Å²) in [6, 6.07) is 9.26. The second-order valence-electron chi connectivity index (χ2n) is 7.31. The highest BCUT2D eigenvalue weighted by Gasteiger charge is 2.47. The van der Waals surface area contributed by atoms with Crippen molar-refractivity contribution in [3.05, 3.63) is 54.1 Å². The average molecular weight is 453 g/mol. The van der Waals surface area contributed by atoms with E-state index >= 15 is 0 Å². The summed E-state index contributed by atoms with van der Waals surface area (Å²) in [4.78, 5) is 32.2. The molecule has 1 amide bonds. The van der Waals surface area contributed by atoms with Crippen LogP contribution in [0.15, 0.2) is 42.7 Å². The number of carboxylic acids is 1. The number of fused-ring (bicyclic) bond motifs is 1. The third-order valence-electron chi connectivity index (χ3n) is 5.01. The second kappa shape index (κ2) is 9.94. The Morgan fingerprint density at radius 3 is 2.62 bits per heavy atom. The number of hydrogen-bond acceptors (Lipinski definition) is 6. The number of hydrogen-bond donors (Lipinski definition) is 1. The molecule has 2 aromatic heterocycles. The highest BCUT2D eigenvalue weighted by molar-refractivity contribution is 5.93. The van der Waals surface area contributed by atoms with Crippen molar-refractivity contribution in [3.8, 4) is 5.75 Å². The molecule has 3 atom stereocenters. The Kier molecular flexibility index (Phi) is 7.29. The molecular weight excluding hydrogens is 431 g/mol. The van der Waals surface area contributed by atoms with E-state index in [1.54, 1.807) is 18.5 Å². The fourth-order valence-electron chi connectivity index (χ4n) is 3.65. The Morgan fingerprint density at radius 2 is 2.00 bits per heavy atom. The number of aromatic nitrogens is 2. The van der Waals surface area contributed by atoms with Gasteiger partial charge in [0, 0.05) is 18.5 Å². The van der Waals surface area contributed by atoms with Crippen molar-refractivity contribution in [2.45, 2.75) is 44.2 Å². The van der Waals surface area contributed by atoms with Gasteiger partial charge in [0.15, 0.2) is 0 Å². The molecule has 1 N–H and O–H groups in total. The zero-order valence-corrected chi connectivity index (χ0v) is 17.2. The Balaban J connectivity index is 0.000000360. The average Bonchev–Trinajstić information content (AvgIpc) is 3.12. The molecule has 0 radical (unpaired) electrons. The van der Waals surface area contributed by atoms with Gasteiger partial charge in [0.1, 0.15) is 23.7 Å². The van der Waals surface area contributed by atoms with E-state index in [0.717, 1.165) is 18.5 Å². The summed E-state index contributed by atoms with van der Waals surface area (Å²) < 4.78 is 43.8. The number of aliphatic carboxylic acids is 1. The lowest BCUT2D eigenvalue weighted by atomic mass is 10.0. The summed E-state index contributed by atoms with van der Waals surface area (Å²) in [5.41, 5.74) is 1.32. The van der Waals surface area contributed by atoms with Crippen LogP contribution in [0.25, 0.3) is 0 Å². The number of likely N-dealkylation sites (tertiary alicyclic amines) is 1. The molecule has 2 aliphatic heterocycles. The molecule has 0 spiro atoms. The Labute approximate surface area is 182 Å². The summed E-state index contributed by atoms with van der Waals surface area (Å²) in [6.45, 7) is 3.10. The first kappa shape index (κ1) is 23.5. The van der Waals surface area contributed by atoms with Gasteiger partial charge in [-0.2, -0.15) is 13.2 Å². The van der Waals surface area contributed by atoms with Crippen LogP contribution in [0.2, 0.25) is 0 Å². The normalized spacial score (nSPS) is 22.4. The van der Waals surface area contributed by atoms with Crippen LogP contribution in [0.1, 0.15) is 29.0 Å². The van der Waals surface area contributed by atoms with Crippen LogP contribution in [0, 0.1) is 6.92 Å². The summed E-state index contributed by atoms with van der Waals surface area (Å²) in [7, 11) is 0. The fourth-order valence-corrected chi connectivity index (χ4v) is 3.65. The number of rotatable bonds is 3. The molecule has 4 rings (SSSR count). The van der Waals surface area contributed by atoms with E-state index in [4.69, 9.17) is 19.4 Å². The van der Waals surface area contributed by atoms with Crippen molar-refractivity contribution < 1.29 is 37.3 Å². The molecule has 0 aliphatic carbocycles. The van der Waals surface area contributed by atoms with Gasteiger partial charge < -0.3 is 19.5 Å². The van der Waals surface area contributed by atoms with Crippen molar-refractivity contribution in [1.29, 1.82) is 0 Å². The summed E-state index contributed by atoms with van der Waals surface area (Å²) in [5.74, 6) is -2.11. The number of halogens is 3. The lowest BCUT2D eigenvalue weighted by molar-refractivity contribution is -0.192. The standard InChI is InChI=1S/C19H21N3O3.C2HF3O2/c1-13-5-2-7-15(21-13)19(23)22-12-17(18-16(22)8-4-10-24-18)25-14-6-3-9-20-11-14;3-2(4,5)1(6)7/h2-3,5-7,9,11,16-18H,4,8,10,12H2,1H3;(H,6,7)/t16-,17-,18+;/m1./s1. The predicted molar refractivity (Wildman–Crippen MR) is 105 cm³/mol. The van der Waals surface area contributed by atoms with Gasteiger partial charge >= 0.3 is 12.1 Å². The van der Waals surface area contributed by atoms with Crippen LogP contribution in [-0.4, -0.2) is 69.4 Å². The molecule has 0 bridgehead atoms. The molecule has 2 aromatic rings. The number of carbonyl (C=O) groups is 2. The third-order valence-corrected chi connectivity index (χ3v) is 5.01. The molecule has 11 heteroatoms. The zero-order chi connectivity index (χ0) is 23.3. The molecule has 0 aromatic carbocycles. The van der Waals surface area contributed by atoms with Gasteiger partial charge in [-0.05, 0) is 44.0 Å². The smallest absolute Gasteiger partial charge is 0.484 e. The molecule has 0 unspecified atom stereocenters. The number of carbonyl (C=O) groups excluding carboxylic acids is 1. The first-order valence-corrected chi connectivity index (χ1v) is 9.90. The monoisotopic (exact) mass is 453 g/mol. The molecule has 32 heavy (non-hydrogen) atoms. The SMILES string of the molecule is Cc1cccc(C(=O)N2C[C@@H](Oc3cccnc3)[C@H]3OCCC[C@H]32)n1.O=C(O)C(F)(F)F. The number of amides is 1. The quantitative estimate of drug-likeness (QED) is 0.763. The van der Waals surface area contributed by atoms with Gasteiger partial charge in [0.05, 0.1) is 18.8 Å². The third kappa shape index (κ3) is 5.72. The van der Waals surface area contributed by atoms with E-state index in [1.807, 2.05) is 36.1 Å². The van der Waals surface area contributed by atoms with Gasteiger partial charge in [-0.1, -0.05) is 6.07 Å². The molecular formula is C21H22F3N3O5. The molecule has 0 saturated carbocycles. The first-order chi connectivity index (χ1) is 15.2. The summed E-state index contributed by atoms with van der Waals surface area (Å²) in [5, 5.41) is 7.12. The van der Waals surface area contributed by atoms with Crippen LogP contribution in [0.4, 0.5) is 13.2 Å². The van der Waals surface area contributed by atoms with Crippen LogP contribution >= 0.6 is 0 Å². The Bertz CT molecular complexity index is 942. The number of ether oxygens (including phenoxy) is 2. The summed E-state index contributed by atoms with van der Waals surface area (Å²) in [6.07, 6.45) is -0.114. The number of aryl methyl sites for hydroxylation is 1. The Hall–Kier alpha value is -3.21. The second-order valence-corrected chi connectivity index (χ2v) is 7.31. The van der Waals surface area contributed by atoms with Gasteiger partial charge in [-0.3, -0.25) is 9.78 Å². The van der Waals surface area contributed by atoms with E-state index in [9.17, 15) is 18.0 Å². The van der Waals surface area contributed by atoms with Crippen LogP contribution in [0.5, 0.6) is 5.75 Å². The van der Waals surface area contributed by atoms with E-state index in [-0.39, 0.29) is 24.2 Å². The van der Waals surface area contributed by atoms with Crippen LogP contribution in [-0.2, 0) is 9.53 Å². The molecule has 4 heterocycles. The topological polar surface area (TPSA) is 102 Å². The van der Waals surface area contributed by atoms with Crippen LogP contribution in [0.3, 0.4) is 0 Å². The van der Waals surface area contributed by atoms with Crippen molar-refractivity contribution in [2.24, 2.45) is 0 Å². The minimum atomic E-state index is -5.08. The maximum absolute atomic E-state index is 13.0. The number of alkyl halides is 3. The predicted octanol–water partition coefficient (Wildman–Crippen LogP) is 2.87. The van der Waals surface area contributed by atoms with E-state index in [0.29, 0.717) is 24.6 Å². The van der Waals surface area contributed by atoms with Gasteiger partial charge in [-0.25, -0.2) is 9.78 Å².